The molecule has 0 spiro atoms. The van der Waals surface area contributed by atoms with E-state index in [2.05, 4.69) is 15.6 Å². The van der Waals surface area contributed by atoms with Crippen molar-refractivity contribution in [1.82, 2.24) is 15.3 Å². The minimum absolute atomic E-state index is 0.0707. The number of nitrogens with zero attached hydrogens (tertiary/aromatic N) is 2. The quantitative estimate of drug-likeness (QED) is 0.218. The zero-order valence-corrected chi connectivity index (χ0v) is 17.2. The monoisotopic (exact) mass is 454 g/mol. The van der Waals surface area contributed by atoms with Crippen molar-refractivity contribution < 1.29 is 18.0 Å². The number of fused-ring (bicyclic) bond motifs is 1. The van der Waals surface area contributed by atoms with E-state index in [0.29, 0.717) is 29.7 Å². The maximum Gasteiger partial charge on any atom is 0.433 e. The van der Waals surface area contributed by atoms with Crippen LogP contribution in [0.1, 0.15) is 31.4 Å². The first kappa shape index (κ1) is 22.8. The summed E-state index contributed by atoms with van der Waals surface area (Å²) in [6, 6.07) is 5.45. The van der Waals surface area contributed by atoms with Crippen LogP contribution in [0.25, 0.3) is 10.9 Å². The standard InChI is InChI=1S/C20H22ClF3N6O/c21-12-1-6-16-15(9-12)17(10-18(29-16)20(22,23)24)27-13-2-4-14(5-3-13)28-19(31)7-8-30(26)11-25/h1-2,6,9-11,14,25H,3-5,7-8,26H2,(H,27,29)(H,28,31). The third-order valence-corrected chi connectivity index (χ3v) is 5.13. The van der Waals surface area contributed by atoms with Gasteiger partial charge in [-0.1, -0.05) is 17.7 Å². The van der Waals surface area contributed by atoms with E-state index in [1.165, 1.54) is 12.1 Å². The molecule has 3 rings (SSSR count). The van der Waals surface area contributed by atoms with Gasteiger partial charge in [-0.05, 0) is 43.5 Å². The Labute approximate surface area is 181 Å². The van der Waals surface area contributed by atoms with Crippen LogP contribution < -0.4 is 16.5 Å². The van der Waals surface area contributed by atoms with Gasteiger partial charge in [-0.25, -0.2) is 10.8 Å². The molecule has 0 bridgehead atoms. The van der Waals surface area contributed by atoms with Gasteiger partial charge in [0.05, 0.1) is 11.9 Å². The van der Waals surface area contributed by atoms with Crippen molar-refractivity contribution in [2.45, 2.75) is 37.9 Å². The lowest BCUT2D eigenvalue weighted by Gasteiger charge is -2.25. The molecule has 1 amide bonds. The summed E-state index contributed by atoms with van der Waals surface area (Å²) in [4.78, 5) is 15.7. The smallest absolute Gasteiger partial charge is 0.359 e. The Hall–Kier alpha value is -2.85. The Bertz CT molecular complexity index is 1010. The summed E-state index contributed by atoms with van der Waals surface area (Å²) in [6.07, 6.45) is 0.136. The molecule has 0 saturated carbocycles. The van der Waals surface area contributed by atoms with Crippen molar-refractivity contribution in [2.75, 3.05) is 11.9 Å². The number of amides is 1. The second-order valence-corrected chi connectivity index (χ2v) is 7.66. The molecule has 31 heavy (non-hydrogen) atoms. The first-order valence-corrected chi connectivity index (χ1v) is 9.98. The molecule has 166 valence electrons. The predicted octanol–water partition coefficient (Wildman–Crippen LogP) is 4.04. The van der Waals surface area contributed by atoms with E-state index in [1.54, 1.807) is 6.07 Å². The number of anilines is 1. The second kappa shape index (κ2) is 9.52. The van der Waals surface area contributed by atoms with Gasteiger partial charge in [-0.3, -0.25) is 10.2 Å². The fourth-order valence-corrected chi connectivity index (χ4v) is 3.47. The number of aromatic nitrogens is 1. The van der Waals surface area contributed by atoms with Gasteiger partial charge in [-0.15, -0.1) is 0 Å². The van der Waals surface area contributed by atoms with Crippen LogP contribution in [0.3, 0.4) is 0 Å². The molecule has 11 heteroatoms. The highest BCUT2D eigenvalue weighted by Gasteiger charge is 2.33. The summed E-state index contributed by atoms with van der Waals surface area (Å²) in [5.41, 5.74) is 0.263. The zero-order valence-electron chi connectivity index (χ0n) is 16.5. The van der Waals surface area contributed by atoms with Crippen LogP contribution >= 0.6 is 11.6 Å². The molecule has 7 nitrogen and oxygen atoms in total. The number of pyridine rings is 1. The van der Waals surface area contributed by atoms with E-state index in [4.69, 9.17) is 22.9 Å². The molecule has 1 atom stereocenters. The van der Waals surface area contributed by atoms with Gasteiger partial charge in [0.1, 0.15) is 5.69 Å². The third-order valence-electron chi connectivity index (χ3n) is 4.90. The summed E-state index contributed by atoms with van der Waals surface area (Å²) >= 11 is 6.03. The molecule has 1 aromatic heterocycles. The van der Waals surface area contributed by atoms with E-state index in [9.17, 15) is 18.0 Å². The van der Waals surface area contributed by atoms with Gasteiger partial charge in [0, 0.05) is 40.8 Å². The van der Waals surface area contributed by atoms with Gasteiger partial charge in [0.15, 0.2) is 0 Å². The fraction of sp³-hybridized carbons (Fsp3) is 0.350. The van der Waals surface area contributed by atoms with Gasteiger partial charge < -0.3 is 15.6 Å². The normalized spacial score (nSPS) is 16.5. The first-order valence-electron chi connectivity index (χ1n) is 9.60. The lowest BCUT2D eigenvalue weighted by atomic mass is 9.98. The van der Waals surface area contributed by atoms with Crippen molar-refractivity contribution in [2.24, 2.45) is 5.84 Å². The molecular formula is C20H22ClF3N6O. The van der Waals surface area contributed by atoms with Crippen LogP contribution in [0.15, 0.2) is 36.0 Å². The van der Waals surface area contributed by atoms with E-state index in [-0.39, 0.29) is 36.1 Å². The number of nitrogens with one attached hydrogen (secondary N) is 3. The van der Waals surface area contributed by atoms with Gasteiger partial charge in [0.25, 0.3) is 0 Å². The lowest BCUT2D eigenvalue weighted by molar-refractivity contribution is -0.140. The number of rotatable bonds is 7. The summed E-state index contributed by atoms with van der Waals surface area (Å²) < 4.78 is 39.8. The van der Waals surface area contributed by atoms with Gasteiger partial charge in [0.2, 0.25) is 5.91 Å². The maximum absolute atomic E-state index is 13.3. The minimum Gasteiger partial charge on any atom is -0.359 e. The lowest BCUT2D eigenvalue weighted by Crippen LogP contribution is -2.39. The van der Waals surface area contributed by atoms with Gasteiger partial charge >= 0.3 is 6.18 Å². The molecular weight excluding hydrogens is 433 g/mol. The Kier molecular flexibility index (Phi) is 7.01. The summed E-state index contributed by atoms with van der Waals surface area (Å²) in [5.74, 6) is 5.27. The highest BCUT2D eigenvalue weighted by Crippen LogP contribution is 2.35. The molecule has 0 aliphatic heterocycles. The van der Waals surface area contributed by atoms with Crippen molar-refractivity contribution in [3.05, 3.63) is 46.8 Å². The number of hydrazine groups is 1. The topological polar surface area (TPSA) is 107 Å². The number of allylic oxidation sites excluding steroid dienone is 1. The van der Waals surface area contributed by atoms with Crippen molar-refractivity contribution >= 4 is 40.4 Å². The summed E-state index contributed by atoms with van der Waals surface area (Å²) in [5, 5.41) is 15.0. The molecule has 1 heterocycles. The van der Waals surface area contributed by atoms with Crippen molar-refractivity contribution in [3.8, 4) is 0 Å². The number of halogens is 4. The first-order chi connectivity index (χ1) is 14.7. The SMILES string of the molecule is N=CN(N)CCC(=O)NC1CC=C(Nc2cc(C(F)(F)F)nc3ccc(Cl)cc23)CC1. The molecule has 1 aliphatic carbocycles. The Morgan fingerprint density at radius 2 is 2.16 bits per heavy atom. The number of benzene rings is 1. The largest absolute Gasteiger partial charge is 0.433 e. The Balaban J connectivity index is 1.71. The van der Waals surface area contributed by atoms with Gasteiger partial charge in [-0.2, -0.15) is 13.2 Å². The van der Waals surface area contributed by atoms with E-state index in [0.717, 1.165) is 23.1 Å². The molecule has 0 saturated heterocycles. The molecule has 0 radical (unpaired) electrons. The van der Waals surface area contributed by atoms with E-state index < -0.39 is 11.9 Å². The fourth-order valence-electron chi connectivity index (χ4n) is 3.29. The molecule has 5 N–H and O–H groups in total. The maximum atomic E-state index is 13.3. The molecule has 1 unspecified atom stereocenters. The summed E-state index contributed by atoms with van der Waals surface area (Å²) in [6.45, 7) is 0.240. The Morgan fingerprint density at radius 3 is 2.81 bits per heavy atom. The average molecular weight is 455 g/mol. The van der Waals surface area contributed by atoms with Crippen LogP contribution in [0, 0.1) is 5.41 Å². The van der Waals surface area contributed by atoms with E-state index in [1.807, 2.05) is 6.08 Å². The Morgan fingerprint density at radius 1 is 1.39 bits per heavy atom. The number of hydrogen-bond acceptors (Lipinski definition) is 5. The predicted molar refractivity (Wildman–Crippen MR) is 114 cm³/mol. The van der Waals surface area contributed by atoms with Crippen molar-refractivity contribution in [3.63, 3.8) is 0 Å². The van der Waals surface area contributed by atoms with Crippen molar-refractivity contribution in [1.29, 1.82) is 5.41 Å². The zero-order chi connectivity index (χ0) is 22.6. The van der Waals surface area contributed by atoms with E-state index >= 15 is 0 Å². The highest BCUT2D eigenvalue weighted by molar-refractivity contribution is 6.31. The van der Waals surface area contributed by atoms with Crippen LogP contribution in [-0.4, -0.2) is 34.8 Å². The van der Waals surface area contributed by atoms with Crippen LogP contribution in [-0.2, 0) is 11.0 Å². The average Bonchev–Trinajstić information content (AvgIpc) is 2.72. The molecule has 1 aromatic carbocycles. The second-order valence-electron chi connectivity index (χ2n) is 7.22. The van der Waals surface area contributed by atoms with Crippen LogP contribution in [0.2, 0.25) is 5.02 Å². The number of carbonyl (C=O) groups is 1. The van der Waals surface area contributed by atoms with Crippen LogP contribution in [0.4, 0.5) is 18.9 Å². The number of carbonyl (C=O) groups excluding carboxylic acids is 1. The number of hydrogen-bond donors (Lipinski definition) is 4. The minimum atomic E-state index is -4.57. The number of alkyl halides is 3. The molecule has 0 fully saturated rings. The third kappa shape index (κ3) is 6.08. The number of nitrogens with two attached hydrogens (primary N) is 1. The highest BCUT2D eigenvalue weighted by atomic mass is 35.5. The molecule has 2 aromatic rings. The molecule has 1 aliphatic rings. The van der Waals surface area contributed by atoms with Crippen LogP contribution in [0.5, 0.6) is 0 Å². The summed E-state index contributed by atoms with van der Waals surface area (Å²) in [7, 11) is 0.